The predicted molar refractivity (Wildman–Crippen MR) is 76.4 cm³/mol. The van der Waals surface area contributed by atoms with Gasteiger partial charge in [0.2, 0.25) is 0 Å². The number of hydrogen-bond acceptors (Lipinski definition) is 4. The van der Waals surface area contributed by atoms with Gasteiger partial charge in [0.25, 0.3) is 0 Å². The Morgan fingerprint density at radius 1 is 1.16 bits per heavy atom. The summed E-state index contributed by atoms with van der Waals surface area (Å²) in [4.78, 5) is 0. The fourth-order valence-electron chi connectivity index (χ4n) is 1.52. The van der Waals surface area contributed by atoms with Crippen LogP contribution in [0.4, 0.5) is 0 Å². The van der Waals surface area contributed by atoms with Crippen LogP contribution in [0.2, 0.25) is 0 Å². The molecule has 0 fully saturated rings. The number of aliphatic hydroxyl groups is 1. The second-order valence-electron chi connectivity index (χ2n) is 4.80. The van der Waals surface area contributed by atoms with Crippen LogP contribution in [0.15, 0.2) is 24.3 Å². The molecule has 4 heteroatoms. The molecule has 0 spiro atoms. The molecule has 0 saturated heterocycles. The Bertz CT molecular complexity index is 338. The Morgan fingerprint density at radius 3 is 2.42 bits per heavy atom. The van der Waals surface area contributed by atoms with E-state index in [4.69, 9.17) is 9.47 Å². The molecule has 0 radical (unpaired) electrons. The molecular weight excluding hydrogens is 242 g/mol. The summed E-state index contributed by atoms with van der Waals surface area (Å²) >= 11 is 0. The molecule has 0 bridgehead atoms. The van der Waals surface area contributed by atoms with Crippen molar-refractivity contribution in [1.29, 1.82) is 0 Å². The summed E-state index contributed by atoms with van der Waals surface area (Å²) in [5, 5.41) is 12.9. The Kier molecular flexibility index (Phi) is 7.48. The summed E-state index contributed by atoms with van der Waals surface area (Å²) in [5.41, 5.74) is 1.22. The summed E-state index contributed by atoms with van der Waals surface area (Å²) in [6.45, 7) is 8.17. The molecule has 0 heterocycles. The first-order valence-corrected chi connectivity index (χ1v) is 6.82. The van der Waals surface area contributed by atoms with Crippen molar-refractivity contribution >= 4 is 0 Å². The molecule has 0 saturated carbocycles. The zero-order valence-electron chi connectivity index (χ0n) is 12.1. The number of ether oxygens (including phenoxy) is 2. The molecule has 4 nitrogen and oxygen atoms in total. The van der Waals surface area contributed by atoms with E-state index < -0.39 is 6.10 Å². The standard InChI is InChI=1S/C15H25NO3/c1-4-18-10-14(17)11-19-15-7-5-13(6-8-15)9-16-12(2)3/h5-8,12,14,16-17H,4,9-11H2,1-3H3. The van der Waals surface area contributed by atoms with Crippen LogP contribution in [-0.4, -0.2) is 37.1 Å². The van der Waals surface area contributed by atoms with Gasteiger partial charge in [0.1, 0.15) is 18.5 Å². The van der Waals surface area contributed by atoms with Crippen molar-refractivity contribution in [3.05, 3.63) is 29.8 Å². The maximum absolute atomic E-state index is 9.58. The first-order valence-electron chi connectivity index (χ1n) is 6.82. The molecule has 0 aliphatic heterocycles. The fourth-order valence-corrected chi connectivity index (χ4v) is 1.52. The molecule has 1 unspecified atom stereocenters. The van der Waals surface area contributed by atoms with E-state index in [0.717, 1.165) is 12.3 Å². The third-order valence-electron chi connectivity index (χ3n) is 2.59. The molecule has 0 aliphatic carbocycles. The normalized spacial score (nSPS) is 12.7. The van der Waals surface area contributed by atoms with Crippen molar-refractivity contribution in [1.82, 2.24) is 5.32 Å². The Hall–Kier alpha value is -1.10. The predicted octanol–water partition coefficient (Wildman–Crippen LogP) is 1.96. The van der Waals surface area contributed by atoms with Gasteiger partial charge in [0, 0.05) is 19.2 Å². The van der Waals surface area contributed by atoms with Crippen molar-refractivity contribution in [2.24, 2.45) is 0 Å². The lowest BCUT2D eigenvalue weighted by atomic mass is 10.2. The average Bonchev–Trinajstić information content (AvgIpc) is 2.41. The number of benzene rings is 1. The van der Waals surface area contributed by atoms with Gasteiger partial charge in [0.05, 0.1) is 6.61 Å². The lowest BCUT2D eigenvalue weighted by Crippen LogP contribution is -2.23. The summed E-state index contributed by atoms with van der Waals surface area (Å²) in [5.74, 6) is 0.767. The largest absolute Gasteiger partial charge is 0.491 e. The van der Waals surface area contributed by atoms with E-state index in [1.165, 1.54) is 5.56 Å². The average molecular weight is 267 g/mol. The Labute approximate surface area is 115 Å². The number of rotatable bonds is 9. The molecule has 1 atom stereocenters. The van der Waals surface area contributed by atoms with Crippen molar-refractivity contribution in [2.45, 2.75) is 39.5 Å². The van der Waals surface area contributed by atoms with E-state index in [9.17, 15) is 5.11 Å². The number of nitrogens with one attached hydrogen (secondary N) is 1. The minimum absolute atomic E-state index is 0.254. The summed E-state index contributed by atoms with van der Waals surface area (Å²) in [6.07, 6.45) is -0.581. The topological polar surface area (TPSA) is 50.7 Å². The van der Waals surface area contributed by atoms with Crippen molar-refractivity contribution in [2.75, 3.05) is 19.8 Å². The maximum Gasteiger partial charge on any atom is 0.119 e. The van der Waals surface area contributed by atoms with Crippen LogP contribution < -0.4 is 10.1 Å². The quantitative estimate of drug-likeness (QED) is 0.718. The monoisotopic (exact) mass is 267 g/mol. The minimum Gasteiger partial charge on any atom is -0.491 e. The highest BCUT2D eigenvalue weighted by Gasteiger charge is 2.05. The lowest BCUT2D eigenvalue weighted by Gasteiger charge is -2.13. The van der Waals surface area contributed by atoms with Gasteiger partial charge in [-0.3, -0.25) is 0 Å². The molecule has 1 aromatic carbocycles. The van der Waals surface area contributed by atoms with E-state index in [-0.39, 0.29) is 6.61 Å². The minimum atomic E-state index is -0.581. The van der Waals surface area contributed by atoms with Crippen LogP contribution in [0.1, 0.15) is 26.3 Å². The van der Waals surface area contributed by atoms with E-state index in [1.807, 2.05) is 31.2 Å². The number of aliphatic hydroxyl groups excluding tert-OH is 1. The Balaban J connectivity index is 2.31. The first kappa shape index (κ1) is 16.0. The second-order valence-corrected chi connectivity index (χ2v) is 4.80. The van der Waals surface area contributed by atoms with Gasteiger partial charge in [-0.15, -0.1) is 0 Å². The van der Waals surface area contributed by atoms with Gasteiger partial charge in [-0.1, -0.05) is 26.0 Å². The van der Waals surface area contributed by atoms with Gasteiger partial charge >= 0.3 is 0 Å². The van der Waals surface area contributed by atoms with Gasteiger partial charge < -0.3 is 19.9 Å². The third kappa shape index (κ3) is 7.15. The smallest absolute Gasteiger partial charge is 0.119 e. The highest BCUT2D eigenvalue weighted by atomic mass is 16.5. The molecule has 2 N–H and O–H groups in total. The molecular formula is C15H25NO3. The van der Waals surface area contributed by atoms with Crippen LogP contribution in [0.3, 0.4) is 0 Å². The second kappa shape index (κ2) is 8.91. The lowest BCUT2D eigenvalue weighted by molar-refractivity contribution is 0.0164. The molecule has 19 heavy (non-hydrogen) atoms. The van der Waals surface area contributed by atoms with Crippen molar-refractivity contribution < 1.29 is 14.6 Å². The van der Waals surface area contributed by atoms with E-state index >= 15 is 0 Å². The van der Waals surface area contributed by atoms with E-state index in [2.05, 4.69) is 19.2 Å². The van der Waals surface area contributed by atoms with Crippen molar-refractivity contribution in [3.63, 3.8) is 0 Å². The highest BCUT2D eigenvalue weighted by Crippen LogP contribution is 2.12. The van der Waals surface area contributed by atoms with Gasteiger partial charge in [-0.25, -0.2) is 0 Å². The van der Waals surface area contributed by atoms with E-state index in [0.29, 0.717) is 19.3 Å². The van der Waals surface area contributed by atoms with Crippen LogP contribution in [0.25, 0.3) is 0 Å². The zero-order chi connectivity index (χ0) is 14.1. The molecule has 1 aromatic rings. The van der Waals surface area contributed by atoms with Gasteiger partial charge in [-0.2, -0.15) is 0 Å². The summed E-state index contributed by atoms with van der Waals surface area (Å²) in [7, 11) is 0. The summed E-state index contributed by atoms with van der Waals surface area (Å²) < 4.78 is 10.6. The molecule has 0 amide bonds. The fraction of sp³-hybridized carbons (Fsp3) is 0.600. The maximum atomic E-state index is 9.58. The number of hydrogen-bond donors (Lipinski definition) is 2. The summed E-state index contributed by atoms with van der Waals surface area (Å²) in [6, 6.07) is 8.37. The molecule has 108 valence electrons. The zero-order valence-corrected chi connectivity index (χ0v) is 12.1. The SMILES string of the molecule is CCOCC(O)COc1ccc(CNC(C)C)cc1. The van der Waals surface area contributed by atoms with Crippen LogP contribution in [-0.2, 0) is 11.3 Å². The van der Waals surface area contributed by atoms with Crippen molar-refractivity contribution in [3.8, 4) is 5.75 Å². The highest BCUT2D eigenvalue weighted by molar-refractivity contribution is 5.27. The van der Waals surface area contributed by atoms with E-state index in [1.54, 1.807) is 0 Å². The Morgan fingerprint density at radius 2 is 1.84 bits per heavy atom. The van der Waals surface area contributed by atoms with Crippen LogP contribution >= 0.6 is 0 Å². The third-order valence-corrected chi connectivity index (χ3v) is 2.59. The molecule has 0 aliphatic rings. The van der Waals surface area contributed by atoms with Crippen LogP contribution in [0.5, 0.6) is 5.75 Å². The van der Waals surface area contributed by atoms with Gasteiger partial charge in [-0.05, 0) is 24.6 Å². The molecule has 0 aromatic heterocycles. The first-order chi connectivity index (χ1) is 9.11. The van der Waals surface area contributed by atoms with Crippen LogP contribution in [0, 0.1) is 0 Å². The molecule has 1 rings (SSSR count). The van der Waals surface area contributed by atoms with Gasteiger partial charge in [0.15, 0.2) is 0 Å².